The van der Waals surface area contributed by atoms with Crippen molar-refractivity contribution in [1.82, 2.24) is 24.9 Å². The van der Waals surface area contributed by atoms with Crippen LogP contribution in [0.3, 0.4) is 0 Å². The second kappa shape index (κ2) is 5.58. The van der Waals surface area contributed by atoms with Crippen molar-refractivity contribution >= 4 is 11.6 Å². The summed E-state index contributed by atoms with van der Waals surface area (Å²) in [7, 11) is 0. The lowest BCUT2D eigenvalue weighted by Crippen LogP contribution is -2.23. The highest BCUT2D eigenvalue weighted by Gasteiger charge is 2.04. The predicted molar refractivity (Wildman–Crippen MR) is 67.2 cm³/mol. The zero-order valence-electron chi connectivity index (χ0n) is 10.3. The number of aromatic nitrogens is 4. The Hall–Kier alpha value is -1.69. The van der Waals surface area contributed by atoms with Gasteiger partial charge in [0, 0.05) is 24.8 Å². The van der Waals surface area contributed by atoms with Crippen LogP contribution in [0.5, 0.6) is 0 Å². The van der Waals surface area contributed by atoms with Crippen LogP contribution in [0.4, 0.5) is 5.82 Å². The summed E-state index contributed by atoms with van der Waals surface area (Å²) in [6.07, 6.45) is 2.67. The molecule has 2 aromatic rings. The van der Waals surface area contributed by atoms with E-state index in [4.69, 9.17) is 0 Å². The van der Waals surface area contributed by atoms with E-state index in [2.05, 4.69) is 32.6 Å². The number of fused-ring (bicyclic) bond motifs is 1. The van der Waals surface area contributed by atoms with E-state index in [1.165, 1.54) is 6.33 Å². The van der Waals surface area contributed by atoms with Gasteiger partial charge in [-0.25, -0.2) is 4.98 Å². The van der Waals surface area contributed by atoms with Crippen LogP contribution in [0, 0.1) is 6.92 Å². The van der Waals surface area contributed by atoms with Crippen molar-refractivity contribution in [2.24, 2.45) is 0 Å². The summed E-state index contributed by atoms with van der Waals surface area (Å²) in [4.78, 5) is 8.37. The molecule has 0 spiro atoms. The molecule has 2 heterocycles. The molecule has 2 N–H and O–H groups in total. The zero-order valence-corrected chi connectivity index (χ0v) is 10.3. The number of rotatable bonds is 6. The van der Waals surface area contributed by atoms with Crippen LogP contribution in [0.2, 0.25) is 0 Å². The van der Waals surface area contributed by atoms with E-state index in [0.29, 0.717) is 5.78 Å². The second-order valence-electron chi connectivity index (χ2n) is 3.93. The molecule has 17 heavy (non-hydrogen) atoms. The number of anilines is 1. The van der Waals surface area contributed by atoms with E-state index in [1.807, 2.05) is 13.0 Å². The van der Waals surface area contributed by atoms with Gasteiger partial charge in [0.2, 0.25) is 0 Å². The third-order valence-corrected chi connectivity index (χ3v) is 2.41. The molecular weight excluding hydrogens is 216 g/mol. The van der Waals surface area contributed by atoms with Crippen molar-refractivity contribution in [2.45, 2.75) is 20.3 Å². The van der Waals surface area contributed by atoms with Crippen molar-refractivity contribution in [2.75, 3.05) is 25.0 Å². The summed E-state index contributed by atoms with van der Waals surface area (Å²) in [6, 6.07) is 1.97. The Balaban J connectivity index is 2.00. The first kappa shape index (κ1) is 11.8. The van der Waals surface area contributed by atoms with Gasteiger partial charge in [0.15, 0.2) is 0 Å². The minimum Gasteiger partial charge on any atom is -0.369 e. The van der Waals surface area contributed by atoms with Crippen LogP contribution in [-0.4, -0.2) is 39.2 Å². The number of nitrogens with zero attached hydrogens (tertiary/aromatic N) is 4. The Kier molecular flexibility index (Phi) is 3.87. The normalized spacial score (nSPS) is 10.9. The molecule has 0 bridgehead atoms. The summed E-state index contributed by atoms with van der Waals surface area (Å²) in [5.74, 6) is 1.57. The van der Waals surface area contributed by atoms with Crippen molar-refractivity contribution in [1.29, 1.82) is 0 Å². The van der Waals surface area contributed by atoms with E-state index in [9.17, 15) is 0 Å². The second-order valence-corrected chi connectivity index (χ2v) is 3.93. The third-order valence-electron chi connectivity index (χ3n) is 2.41. The van der Waals surface area contributed by atoms with E-state index in [-0.39, 0.29) is 0 Å². The van der Waals surface area contributed by atoms with Crippen LogP contribution < -0.4 is 10.6 Å². The largest absolute Gasteiger partial charge is 0.369 e. The predicted octanol–water partition coefficient (Wildman–Crippen LogP) is 0.844. The molecule has 0 unspecified atom stereocenters. The summed E-state index contributed by atoms with van der Waals surface area (Å²) in [5.41, 5.74) is 0.939. The SMILES string of the molecule is CCCNCCNc1cc(C)nc2ncnn12. The van der Waals surface area contributed by atoms with E-state index in [0.717, 1.165) is 37.6 Å². The fourth-order valence-corrected chi connectivity index (χ4v) is 1.64. The maximum atomic E-state index is 4.29. The molecule has 6 heteroatoms. The molecule has 0 saturated heterocycles. The highest BCUT2D eigenvalue weighted by molar-refractivity contribution is 5.44. The molecule has 0 aromatic carbocycles. The van der Waals surface area contributed by atoms with Gasteiger partial charge in [0.1, 0.15) is 12.1 Å². The van der Waals surface area contributed by atoms with Gasteiger partial charge in [-0.05, 0) is 19.9 Å². The number of hydrogen-bond donors (Lipinski definition) is 2. The Morgan fingerprint density at radius 2 is 2.18 bits per heavy atom. The lowest BCUT2D eigenvalue weighted by Gasteiger charge is -2.08. The van der Waals surface area contributed by atoms with E-state index >= 15 is 0 Å². The van der Waals surface area contributed by atoms with Crippen LogP contribution in [0.1, 0.15) is 19.0 Å². The lowest BCUT2D eigenvalue weighted by molar-refractivity contribution is 0.686. The number of aryl methyl sites for hydroxylation is 1. The molecule has 0 saturated carbocycles. The maximum Gasteiger partial charge on any atom is 0.254 e. The molecule has 0 radical (unpaired) electrons. The molecule has 0 atom stereocenters. The van der Waals surface area contributed by atoms with Gasteiger partial charge in [-0.1, -0.05) is 6.92 Å². The molecule has 0 fully saturated rings. The number of nitrogens with one attached hydrogen (secondary N) is 2. The van der Waals surface area contributed by atoms with Crippen LogP contribution in [-0.2, 0) is 0 Å². The summed E-state index contributed by atoms with van der Waals surface area (Å²) in [6.45, 7) is 6.96. The Morgan fingerprint density at radius 1 is 1.29 bits per heavy atom. The van der Waals surface area contributed by atoms with Gasteiger partial charge in [-0.2, -0.15) is 14.6 Å². The maximum absolute atomic E-state index is 4.29. The van der Waals surface area contributed by atoms with Crippen molar-refractivity contribution in [3.05, 3.63) is 18.1 Å². The molecule has 6 nitrogen and oxygen atoms in total. The molecule has 2 rings (SSSR count). The van der Waals surface area contributed by atoms with Gasteiger partial charge in [0.25, 0.3) is 5.78 Å². The molecule has 0 aliphatic heterocycles. The number of hydrogen-bond acceptors (Lipinski definition) is 5. The first-order chi connectivity index (χ1) is 8.31. The average Bonchev–Trinajstić information content (AvgIpc) is 2.76. The fourth-order valence-electron chi connectivity index (χ4n) is 1.64. The first-order valence-electron chi connectivity index (χ1n) is 5.93. The average molecular weight is 234 g/mol. The zero-order chi connectivity index (χ0) is 12.1. The molecule has 0 aliphatic rings. The molecular formula is C11H18N6. The van der Waals surface area contributed by atoms with Crippen LogP contribution in [0.15, 0.2) is 12.4 Å². The van der Waals surface area contributed by atoms with Crippen LogP contribution in [0.25, 0.3) is 5.78 Å². The van der Waals surface area contributed by atoms with Crippen molar-refractivity contribution in [3.8, 4) is 0 Å². The summed E-state index contributed by atoms with van der Waals surface area (Å²) >= 11 is 0. The van der Waals surface area contributed by atoms with Gasteiger partial charge in [-0.15, -0.1) is 0 Å². The fraction of sp³-hybridized carbons (Fsp3) is 0.545. The standard InChI is InChI=1S/C11H18N6/c1-3-4-12-5-6-13-10-7-9(2)16-11-14-8-15-17(10)11/h7-8,12-13H,3-6H2,1-2H3. The third kappa shape index (κ3) is 2.91. The highest BCUT2D eigenvalue weighted by atomic mass is 15.3. The Labute approximate surface area is 100 Å². The van der Waals surface area contributed by atoms with Crippen molar-refractivity contribution in [3.63, 3.8) is 0 Å². The monoisotopic (exact) mass is 234 g/mol. The first-order valence-corrected chi connectivity index (χ1v) is 5.93. The topological polar surface area (TPSA) is 67.1 Å². The minimum absolute atomic E-state index is 0.633. The van der Waals surface area contributed by atoms with Gasteiger partial charge in [-0.3, -0.25) is 0 Å². The van der Waals surface area contributed by atoms with Gasteiger partial charge < -0.3 is 10.6 Å². The quantitative estimate of drug-likeness (QED) is 0.725. The van der Waals surface area contributed by atoms with Gasteiger partial charge in [0.05, 0.1) is 0 Å². The van der Waals surface area contributed by atoms with Crippen LogP contribution >= 0.6 is 0 Å². The summed E-state index contributed by atoms with van der Waals surface area (Å²) in [5, 5.41) is 10.8. The Morgan fingerprint density at radius 3 is 3.00 bits per heavy atom. The van der Waals surface area contributed by atoms with E-state index in [1.54, 1.807) is 4.52 Å². The molecule has 92 valence electrons. The highest BCUT2D eigenvalue weighted by Crippen LogP contribution is 2.09. The molecule has 0 aliphatic carbocycles. The smallest absolute Gasteiger partial charge is 0.254 e. The van der Waals surface area contributed by atoms with E-state index < -0.39 is 0 Å². The van der Waals surface area contributed by atoms with Crippen molar-refractivity contribution < 1.29 is 0 Å². The molecule has 2 aromatic heterocycles. The minimum atomic E-state index is 0.633. The lowest BCUT2D eigenvalue weighted by atomic mass is 10.4. The summed E-state index contributed by atoms with van der Waals surface area (Å²) < 4.78 is 1.72. The molecule has 0 amide bonds. The van der Waals surface area contributed by atoms with Gasteiger partial charge >= 0.3 is 0 Å². The Bertz CT molecular complexity index is 478.